The van der Waals surface area contributed by atoms with E-state index in [-0.39, 0.29) is 12.1 Å². The maximum atomic E-state index is 12.4. The molecule has 0 saturated carbocycles. The maximum absolute atomic E-state index is 12.4. The van der Waals surface area contributed by atoms with E-state index in [4.69, 9.17) is 16.3 Å². The van der Waals surface area contributed by atoms with Crippen LogP contribution in [0.3, 0.4) is 0 Å². The Kier molecular flexibility index (Phi) is 4.61. The summed E-state index contributed by atoms with van der Waals surface area (Å²) >= 11 is 5.84. The van der Waals surface area contributed by atoms with Gasteiger partial charge in [0.2, 0.25) is 0 Å². The molecule has 0 aromatic heterocycles. The van der Waals surface area contributed by atoms with Crippen molar-refractivity contribution in [3.63, 3.8) is 0 Å². The number of nitrogens with zero attached hydrogens (tertiary/aromatic N) is 1. The Morgan fingerprint density at radius 1 is 1.14 bits per heavy atom. The van der Waals surface area contributed by atoms with Crippen LogP contribution in [0.1, 0.15) is 11.7 Å². The topological polar surface area (TPSA) is 41.6 Å². The molecule has 1 atom stereocenters. The first-order valence-electron chi connectivity index (χ1n) is 7.20. The standard InChI is InChI=1S/C17H17ClN2O2/c18-14-6-8-15(9-7-14)19-17(21)20-10-11-22-16(12-20)13-4-2-1-3-5-13/h1-9,16H,10-12H2,(H,19,21). The molecule has 1 N–H and O–H groups in total. The lowest BCUT2D eigenvalue weighted by atomic mass is 10.1. The van der Waals surface area contributed by atoms with Crippen LogP contribution >= 0.6 is 11.6 Å². The number of nitrogens with one attached hydrogen (secondary N) is 1. The van der Waals surface area contributed by atoms with Gasteiger partial charge in [0.1, 0.15) is 6.10 Å². The van der Waals surface area contributed by atoms with E-state index in [2.05, 4.69) is 5.32 Å². The van der Waals surface area contributed by atoms with E-state index in [1.165, 1.54) is 0 Å². The molecule has 2 amide bonds. The average Bonchev–Trinajstić information content (AvgIpc) is 2.58. The van der Waals surface area contributed by atoms with E-state index in [0.717, 1.165) is 11.3 Å². The van der Waals surface area contributed by atoms with Crippen molar-refractivity contribution in [3.05, 3.63) is 65.2 Å². The van der Waals surface area contributed by atoms with Crippen molar-refractivity contribution in [1.29, 1.82) is 0 Å². The Morgan fingerprint density at radius 2 is 1.86 bits per heavy atom. The molecule has 1 saturated heterocycles. The van der Waals surface area contributed by atoms with Gasteiger partial charge in [-0.1, -0.05) is 41.9 Å². The first-order chi connectivity index (χ1) is 10.7. The van der Waals surface area contributed by atoms with Crippen LogP contribution < -0.4 is 5.32 Å². The minimum absolute atomic E-state index is 0.0779. The molecule has 0 bridgehead atoms. The van der Waals surface area contributed by atoms with Gasteiger partial charge in [-0.3, -0.25) is 0 Å². The van der Waals surface area contributed by atoms with E-state index in [1.54, 1.807) is 29.2 Å². The summed E-state index contributed by atoms with van der Waals surface area (Å²) < 4.78 is 5.77. The smallest absolute Gasteiger partial charge is 0.322 e. The molecule has 1 unspecified atom stereocenters. The number of amides is 2. The van der Waals surface area contributed by atoms with Gasteiger partial charge in [-0.05, 0) is 29.8 Å². The third-order valence-electron chi connectivity index (χ3n) is 3.62. The maximum Gasteiger partial charge on any atom is 0.322 e. The Bertz CT molecular complexity index is 631. The van der Waals surface area contributed by atoms with Gasteiger partial charge in [0.25, 0.3) is 0 Å². The minimum Gasteiger partial charge on any atom is -0.370 e. The first kappa shape index (κ1) is 14.9. The molecule has 1 aliphatic rings. The monoisotopic (exact) mass is 316 g/mol. The summed E-state index contributed by atoms with van der Waals surface area (Å²) in [6.45, 7) is 1.67. The zero-order chi connectivity index (χ0) is 15.4. The van der Waals surface area contributed by atoms with Crippen molar-refractivity contribution in [2.24, 2.45) is 0 Å². The second-order valence-electron chi connectivity index (χ2n) is 5.15. The molecule has 0 radical (unpaired) electrons. The van der Waals surface area contributed by atoms with E-state index in [1.807, 2.05) is 30.3 Å². The summed E-state index contributed by atoms with van der Waals surface area (Å²) in [6.07, 6.45) is -0.0779. The highest BCUT2D eigenvalue weighted by Crippen LogP contribution is 2.22. The van der Waals surface area contributed by atoms with Crippen LogP contribution in [-0.4, -0.2) is 30.6 Å². The fourth-order valence-electron chi connectivity index (χ4n) is 2.44. The third kappa shape index (κ3) is 3.59. The van der Waals surface area contributed by atoms with Gasteiger partial charge in [-0.25, -0.2) is 4.79 Å². The molecular weight excluding hydrogens is 300 g/mol. The van der Waals surface area contributed by atoms with Crippen LogP contribution in [-0.2, 0) is 4.74 Å². The average molecular weight is 317 g/mol. The second kappa shape index (κ2) is 6.81. The highest BCUT2D eigenvalue weighted by Gasteiger charge is 2.25. The Hall–Kier alpha value is -2.04. The number of anilines is 1. The predicted octanol–water partition coefficient (Wildman–Crippen LogP) is 3.95. The largest absolute Gasteiger partial charge is 0.370 e. The van der Waals surface area contributed by atoms with Crippen LogP contribution in [0.15, 0.2) is 54.6 Å². The van der Waals surface area contributed by atoms with Crippen molar-refractivity contribution in [2.45, 2.75) is 6.10 Å². The highest BCUT2D eigenvalue weighted by atomic mass is 35.5. The highest BCUT2D eigenvalue weighted by molar-refractivity contribution is 6.30. The fourth-order valence-corrected chi connectivity index (χ4v) is 2.56. The summed E-state index contributed by atoms with van der Waals surface area (Å²) in [5.41, 5.74) is 1.82. The molecule has 1 heterocycles. The Labute approximate surface area is 134 Å². The van der Waals surface area contributed by atoms with Crippen molar-refractivity contribution in [2.75, 3.05) is 25.0 Å². The summed E-state index contributed by atoms with van der Waals surface area (Å²) in [6, 6.07) is 16.9. The molecule has 1 fully saturated rings. The second-order valence-corrected chi connectivity index (χ2v) is 5.59. The van der Waals surface area contributed by atoms with Gasteiger partial charge in [0.05, 0.1) is 13.2 Å². The Balaban J connectivity index is 1.64. The van der Waals surface area contributed by atoms with Gasteiger partial charge < -0.3 is 15.0 Å². The van der Waals surface area contributed by atoms with Gasteiger partial charge in [-0.15, -0.1) is 0 Å². The summed E-state index contributed by atoms with van der Waals surface area (Å²) in [4.78, 5) is 14.1. The fraction of sp³-hybridized carbons (Fsp3) is 0.235. The molecular formula is C17H17ClN2O2. The molecule has 0 aliphatic carbocycles. The number of halogens is 1. The number of urea groups is 1. The van der Waals surface area contributed by atoms with Crippen LogP contribution in [0.2, 0.25) is 5.02 Å². The number of benzene rings is 2. The van der Waals surface area contributed by atoms with Crippen molar-refractivity contribution < 1.29 is 9.53 Å². The van der Waals surface area contributed by atoms with E-state index in [0.29, 0.717) is 24.7 Å². The zero-order valence-corrected chi connectivity index (χ0v) is 12.8. The molecule has 2 aromatic carbocycles. The van der Waals surface area contributed by atoms with Crippen LogP contribution in [0.25, 0.3) is 0 Å². The normalized spacial score (nSPS) is 18.0. The molecule has 22 heavy (non-hydrogen) atoms. The summed E-state index contributed by atoms with van der Waals surface area (Å²) in [7, 11) is 0. The number of carbonyl (C=O) groups excluding carboxylic acids is 1. The van der Waals surface area contributed by atoms with Crippen LogP contribution in [0.4, 0.5) is 10.5 Å². The molecule has 2 aromatic rings. The Morgan fingerprint density at radius 3 is 2.59 bits per heavy atom. The van der Waals surface area contributed by atoms with Crippen molar-refractivity contribution >= 4 is 23.3 Å². The number of ether oxygens (including phenoxy) is 1. The molecule has 4 nitrogen and oxygen atoms in total. The minimum atomic E-state index is -0.119. The number of hydrogen-bond donors (Lipinski definition) is 1. The van der Waals surface area contributed by atoms with Crippen molar-refractivity contribution in [1.82, 2.24) is 4.90 Å². The first-order valence-corrected chi connectivity index (χ1v) is 7.58. The third-order valence-corrected chi connectivity index (χ3v) is 3.87. The van der Waals surface area contributed by atoms with Gasteiger partial charge in [0, 0.05) is 17.3 Å². The van der Waals surface area contributed by atoms with E-state index < -0.39 is 0 Å². The number of rotatable bonds is 2. The molecule has 114 valence electrons. The SMILES string of the molecule is O=C(Nc1ccc(Cl)cc1)N1CCOC(c2ccccc2)C1. The van der Waals surface area contributed by atoms with E-state index in [9.17, 15) is 4.79 Å². The summed E-state index contributed by atoms with van der Waals surface area (Å²) in [5.74, 6) is 0. The van der Waals surface area contributed by atoms with E-state index >= 15 is 0 Å². The quantitative estimate of drug-likeness (QED) is 0.911. The van der Waals surface area contributed by atoms with Gasteiger partial charge >= 0.3 is 6.03 Å². The van der Waals surface area contributed by atoms with Crippen molar-refractivity contribution in [3.8, 4) is 0 Å². The van der Waals surface area contributed by atoms with Gasteiger partial charge in [-0.2, -0.15) is 0 Å². The summed E-state index contributed by atoms with van der Waals surface area (Å²) in [5, 5.41) is 3.53. The molecule has 1 aliphatic heterocycles. The van der Waals surface area contributed by atoms with Crippen LogP contribution in [0.5, 0.6) is 0 Å². The number of morpholine rings is 1. The molecule has 0 spiro atoms. The lowest BCUT2D eigenvalue weighted by molar-refractivity contribution is -0.0135. The predicted molar refractivity (Wildman–Crippen MR) is 87.2 cm³/mol. The molecule has 5 heteroatoms. The zero-order valence-electron chi connectivity index (χ0n) is 12.0. The number of hydrogen-bond acceptors (Lipinski definition) is 2. The lowest BCUT2D eigenvalue weighted by Crippen LogP contribution is -2.44. The molecule has 3 rings (SSSR count). The number of carbonyl (C=O) groups is 1. The van der Waals surface area contributed by atoms with Gasteiger partial charge in [0.15, 0.2) is 0 Å². The van der Waals surface area contributed by atoms with Crippen LogP contribution in [0, 0.1) is 0 Å². The lowest BCUT2D eigenvalue weighted by Gasteiger charge is -2.33.